The van der Waals surface area contributed by atoms with Crippen LogP contribution in [0.3, 0.4) is 0 Å². The second kappa shape index (κ2) is 80.0. The fraction of sp³-hybridized carbons (Fsp3) is 0.956. The summed E-state index contributed by atoms with van der Waals surface area (Å²) in [6.07, 6.45) is 17.3. The van der Waals surface area contributed by atoms with Crippen LogP contribution in [-0.4, -0.2) is 62.8 Å². The van der Waals surface area contributed by atoms with Crippen LogP contribution in [-0.2, 0) is 4.74 Å². The molecule has 0 heterocycles. The van der Waals surface area contributed by atoms with E-state index in [1.807, 2.05) is 0 Å². The Bertz CT molecular complexity index is 1200. The maximum atomic E-state index is 5.36. The Labute approximate surface area is 610 Å². The number of ether oxygens (including phenoxy) is 1. The van der Waals surface area contributed by atoms with Crippen molar-refractivity contribution >= 4 is 11.8 Å². The second-order valence-electron chi connectivity index (χ2n) is 37.4. The molecule has 3 nitrogen and oxygen atoms in total. The number of nitrogens with one attached hydrogen (secondary N) is 1. The van der Waals surface area contributed by atoms with Crippen LogP contribution in [0.15, 0.2) is 24.3 Å². The molecule has 0 saturated carbocycles. The van der Waals surface area contributed by atoms with Crippen LogP contribution in [0.1, 0.15) is 364 Å². The van der Waals surface area contributed by atoms with Gasteiger partial charge < -0.3 is 15.0 Å². The lowest BCUT2D eigenvalue weighted by molar-refractivity contribution is 0.0886. The largest absolute Gasteiger partial charge is 0.381 e. The van der Waals surface area contributed by atoms with Crippen LogP contribution in [0.2, 0.25) is 0 Å². The van der Waals surface area contributed by atoms with E-state index >= 15 is 0 Å². The molecule has 4 heteroatoms. The molecule has 0 fully saturated rings. The van der Waals surface area contributed by atoms with Crippen LogP contribution in [0, 0.1) is 142 Å². The highest BCUT2D eigenvalue weighted by molar-refractivity contribution is 7.99. The first kappa shape index (κ1) is 118. The van der Waals surface area contributed by atoms with E-state index in [-0.39, 0.29) is 0 Å². The highest BCUT2D eigenvalue weighted by Crippen LogP contribution is 2.34. The highest BCUT2D eigenvalue weighted by Gasteiger charge is 2.25. The average Bonchev–Trinajstić information content (AvgIpc) is 1.34. The van der Waals surface area contributed by atoms with Gasteiger partial charge in [0.05, 0.1) is 0 Å². The molecule has 0 rings (SSSR count). The lowest BCUT2D eigenvalue weighted by Crippen LogP contribution is -2.27. The zero-order valence-corrected chi connectivity index (χ0v) is 76.6. The molecule has 0 radical (unpaired) electrons. The maximum absolute atomic E-state index is 5.36. The zero-order valence-electron chi connectivity index (χ0n) is 75.8. The summed E-state index contributed by atoms with van der Waals surface area (Å²) in [7, 11) is 2.19. The van der Waals surface area contributed by atoms with Gasteiger partial charge in [0, 0.05) is 26.3 Å². The first-order chi connectivity index (χ1) is 42.5. The standard InChI is InChI=1S/C9H21N.2C9H20.C8H19N.C8H18O.C8H18S.C8H18.2C8H16.C8H18.C7H16/c1-8(2)6-10(5)7-9(3)4;1-7(2)9(5,6)8(3)4;1-8(2)6-5-7-9(3)4;3*1-7(2)5-9-6-8(3)4;3*1-7(2)5-6-8(3)4;1-6(2)8(5)7(3)4;1-6(2)5-7(3)4/h8-9H,6-7H2,1-5H3;7-8H,1-6H3;8-9H,5-7H2,1-4H3;7-9H,5-6H2,1-4H3;2*7-8H,5-6H2,1-4H3;7-8H,5-6H2,1-4H3;2*5-8H,1-4H3;6-8H,1-5H3;6-7H,5H2,1-4H3/b;;;;;;;6-5+;6-5-;;. The Hall–Kier alpha value is -0.290. The minimum Gasteiger partial charge on any atom is -0.381 e. The SMILES string of the molecule is CC(C)/C=C/C(C)C.CC(C)/C=C\C(C)C.CC(C)C(C)(C)C(C)C.CC(C)C(C)C(C)C.CC(C)CC(C)C.CC(C)CCC(C)C.CC(C)CCCC(C)C.CC(C)CN(C)CC(C)C.CC(C)CNCC(C)C.CC(C)COCC(C)C.CC(C)CSCC(C)C. The number of hydrogen-bond donors (Lipinski definition) is 1. The van der Waals surface area contributed by atoms with E-state index in [0.29, 0.717) is 40.9 Å². The van der Waals surface area contributed by atoms with E-state index < -0.39 is 0 Å². The molecule has 0 amide bonds. The predicted molar refractivity (Wildman–Crippen MR) is 454 cm³/mol. The van der Waals surface area contributed by atoms with Crippen molar-refractivity contribution in [3.05, 3.63) is 24.3 Å². The highest BCUT2D eigenvalue weighted by atomic mass is 32.2. The van der Waals surface area contributed by atoms with Crippen molar-refractivity contribution in [2.24, 2.45) is 142 Å². The van der Waals surface area contributed by atoms with Crippen LogP contribution in [0.25, 0.3) is 0 Å². The maximum Gasteiger partial charge on any atom is 0.0489 e. The van der Waals surface area contributed by atoms with Gasteiger partial charge in [0.1, 0.15) is 0 Å². The molecule has 0 aliphatic rings. The van der Waals surface area contributed by atoms with Gasteiger partial charge in [0.15, 0.2) is 0 Å². The number of rotatable bonds is 33. The molecule has 0 saturated heterocycles. The van der Waals surface area contributed by atoms with Crippen LogP contribution < -0.4 is 5.32 Å². The normalized spacial score (nSPS) is 11.8. The van der Waals surface area contributed by atoms with Gasteiger partial charge in [-0.25, -0.2) is 0 Å². The van der Waals surface area contributed by atoms with E-state index in [1.165, 1.54) is 63.1 Å². The topological polar surface area (TPSA) is 24.5 Å². The molecule has 0 unspecified atom stereocenters. The van der Waals surface area contributed by atoms with Crippen LogP contribution in [0.4, 0.5) is 0 Å². The molecule has 0 aliphatic carbocycles. The van der Waals surface area contributed by atoms with Gasteiger partial charge in [0.2, 0.25) is 0 Å². The molecule has 1 N–H and O–H groups in total. The van der Waals surface area contributed by atoms with Crippen molar-refractivity contribution in [1.29, 1.82) is 0 Å². The molecule has 94 heavy (non-hydrogen) atoms. The molecular weight excluding hydrogens is 1160 g/mol. The summed E-state index contributed by atoms with van der Waals surface area (Å²) < 4.78 is 5.36. The first-order valence-electron chi connectivity index (χ1n) is 40.4. The number of thioether (sulfide) groups is 1. The lowest BCUT2D eigenvalue weighted by atomic mass is 9.72. The molecule has 582 valence electrons. The minimum absolute atomic E-state index is 0.500. The smallest absolute Gasteiger partial charge is 0.0489 e. The summed E-state index contributed by atoms with van der Waals surface area (Å²) in [5, 5.41) is 3.38. The molecule has 0 bridgehead atoms. The summed E-state index contributed by atoms with van der Waals surface area (Å²) in [4.78, 5) is 2.40. The van der Waals surface area contributed by atoms with Gasteiger partial charge in [-0.1, -0.05) is 382 Å². The number of nitrogens with zero attached hydrogens (tertiary/aromatic N) is 1. The average molecular weight is 1360 g/mol. The van der Waals surface area contributed by atoms with Gasteiger partial charge in [-0.05, 0) is 180 Å². The molecule has 0 aromatic heterocycles. The van der Waals surface area contributed by atoms with Crippen molar-refractivity contribution < 1.29 is 4.74 Å². The Balaban J connectivity index is -0.0000000897. The third kappa shape index (κ3) is 151. The van der Waals surface area contributed by atoms with Gasteiger partial charge in [-0.2, -0.15) is 11.8 Å². The second-order valence-corrected chi connectivity index (χ2v) is 38.5. The van der Waals surface area contributed by atoms with Crippen LogP contribution >= 0.6 is 11.8 Å². The first-order valence-corrected chi connectivity index (χ1v) is 41.5. The van der Waals surface area contributed by atoms with E-state index in [1.54, 1.807) is 0 Å². The van der Waals surface area contributed by atoms with Crippen molar-refractivity contribution in [3.8, 4) is 0 Å². The number of hydrogen-bond acceptors (Lipinski definition) is 4. The van der Waals surface area contributed by atoms with Crippen molar-refractivity contribution in [2.75, 3.05) is 57.9 Å². The monoisotopic (exact) mass is 1360 g/mol. The summed E-state index contributed by atoms with van der Waals surface area (Å²) in [5.74, 6) is 21.1. The van der Waals surface area contributed by atoms with Gasteiger partial charge in [-0.3, -0.25) is 0 Å². The van der Waals surface area contributed by atoms with E-state index in [0.717, 1.165) is 127 Å². The fourth-order valence-electron chi connectivity index (χ4n) is 7.93. The van der Waals surface area contributed by atoms with Crippen molar-refractivity contribution in [2.45, 2.75) is 364 Å². The molecule has 0 spiro atoms. The Morgan fingerprint density at radius 2 is 0.574 bits per heavy atom. The quantitative estimate of drug-likeness (QED) is 0.0662. The van der Waals surface area contributed by atoms with Gasteiger partial charge in [0.25, 0.3) is 0 Å². The number of allylic oxidation sites excluding steroid dienone is 4. The fourth-order valence-corrected chi connectivity index (χ4v) is 9.01. The predicted octanol–water partition coefficient (Wildman–Crippen LogP) is 30.7. The van der Waals surface area contributed by atoms with Crippen molar-refractivity contribution in [1.82, 2.24) is 10.2 Å². The van der Waals surface area contributed by atoms with E-state index in [9.17, 15) is 0 Å². The molecule has 0 atom stereocenters. The summed E-state index contributed by atoms with van der Waals surface area (Å²) >= 11 is 2.07. The van der Waals surface area contributed by atoms with Gasteiger partial charge in [-0.15, -0.1) is 0 Å². The molecule has 0 aliphatic heterocycles. The summed E-state index contributed by atoms with van der Waals surface area (Å²) in [6, 6.07) is 0. The minimum atomic E-state index is 0.500. The van der Waals surface area contributed by atoms with E-state index in [2.05, 4.69) is 379 Å². The summed E-state index contributed by atoms with van der Waals surface area (Å²) in [5.41, 5.74) is 0.500. The summed E-state index contributed by atoms with van der Waals surface area (Å²) in [6.45, 7) is 112. The van der Waals surface area contributed by atoms with E-state index in [4.69, 9.17) is 4.74 Å². The molecule has 0 aromatic carbocycles. The lowest BCUT2D eigenvalue weighted by Gasteiger charge is -2.33. The Morgan fingerprint density at radius 3 is 0.702 bits per heavy atom. The zero-order chi connectivity index (χ0) is 77.2. The Kier molecular flexibility index (Phi) is 100. The van der Waals surface area contributed by atoms with Crippen LogP contribution in [0.5, 0.6) is 0 Å². The molecule has 0 aromatic rings. The van der Waals surface area contributed by atoms with Gasteiger partial charge >= 0.3 is 0 Å². The third-order valence-corrected chi connectivity index (χ3v) is 16.7. The Morgan fingerprint density at radius 1 is 0.319 bits per heavy atom. The third-order valence-electron chi connectivity index (χ3n) is 14.9. The molecular formula is C90H200N2OS. The van der Waals surface area contributed by atoms with Crippen molar-refractivity contribution in [3.63, 3.8) is 0 Å².